The van der Waals surface area contributed by atoms with Crippen molar-refractivity contribution >= 4 is 22.6 Å². The number of rotatable bonds is 3. The zero-order chi connectivity index (χ0) is 9.84. The highest BCUT2D eigenvalue weighted by Crippen LogP contribution is 2.27. The number of benzene rings is 1. The number of ether oxygens (including phenoxy) is 1. The number of hydrogen-bond donors (Lipinski definition) is 2. The van der Waals surface area contributed by atoms with Crippen molar-refractivity contribution in [3.05, 3.63) is 27.3 Å². The van der Waals surface area contributed by atoms with Gasteiger partial charge in [-0.2, -0.15) is 0 Å². The quantitative estimate of drug-likeness (QED) is 0.826. The lowest BCUT2D eigenvalue weighted by Gasteiger charge is -2.13. The Hall–Kier alpha value is -0.330. The fourth-order valence-electron chi connectivity index (χ4n) is 1.07. The molecule has 3 N–H and O–H groups in total. The number of methoxy groups -OCH3 is 1. The maximum absolute atomic E-state index is 8.91. The lowest BCUT2D eigenvalue weighted by molar-refractivity contribution is 0.267. The second-order valence-corrected chi connectivity index (χ2v) is 3.73. The molecule has 0 aliphatic heterocycles. The topological polar surface area (TPSA) is 55.5 Å². The highest BCUT2D eigenvalue weighted by Gasteiger charge is 2.11. The smallest absolute Gasteiger partial charge is 0.132 e. The summed E-state index contributed by atoms with van der Waals surface area (Å²) in [5.74, 6) is 0.794. The van der Waals surface area contributed by atoms with Crippen LogP contribution in [0.15, 0.2) is 18.2 Å². The average Bonchev–Trinajstić information content (AvgIpc) is 2.17. The molecule has 0 bridgehead atoms. The average molecular weight is 293 g/mol. The first-order valence-corrected chi connectivity index (χ1v) is 4.97. The van der Waals surface area contributed by atoms with Gasteiger partial charge in [0.15, 0.2) is 0 Å². The first kappa shape index (κ1) is 10.7. The minimum atomic E-state index is -0.331. The molecule has 0 amide bonds. The van der Waals surface area contributed by atoms with Gasteiger partial charge in [0.05, 0.1) is 23.3 Å². The van der Waals surface area contributed by atoms with Crippen LogP contribution < -0.4 is 10.5 Å². The third-order valence-electron chi connectivity index (χ3n) is 1.81. The Morgan fingerprint density at radius 2 is 2.31 bits per heavy atom. The molecule has 1 rings (SSSR count). The standard InChI is InChI=1S/C9H12INO2/c1-13-8-4-2-3-6(9(8)10)7(11)5-12/h2-4,7,12H,5,11H2,1H3/t7-/m0/s1. The van der Waals surface area contributed by atoms with Crippen molar-refractivity contribution in [1.82, 2.24) is 0 Å². The van der Waals surface area contributed by atoms with Crippen LogP contribution in [-0.4, -0.2) is 18.8 Å². The van der Waals surface area contributed by atoms with E-state index < -0.39 is 0 Å². The van der Waals surface area contributed by atoms with Crippen LogP contribution in [0.4, 0.5) is 0 Å². The number of aliphatic hydroxyl groups excluding tert-OH is 1. The number of halogens is 1. The molecule has 0 aromatic heterocycles. The summed E-state index contributed by atoms with van der Waals surface area (Å²) < 4.78 is 6.10. The summed E-state index contributed by atoms with van der Waals surface area (Å²) >= 11 is 2.16. The van der Waals surface area contributed by atoms with Gasteiger partial charge in [-0.15, -0.1) is 0 Å². The van der Waals surface area contributed by atoms with E-state index in [1.807, 2.05) is 18.2 Å². The zero-order valence-electron chi connectivity index (χ0n) is 7.33. The summed E-state index contributed by atoms with van der Waals surface area (Å²) in [5.41, 5.74) is 6.63. The van der Waals surface area contributed by atoms with Crippen molar-refractivity contribution in [2.45, 2.75) is 6.04 Å². The lowest BCUT2D eigenvalue weighted by Crippen LogP contribution is -2.16. The van der Waals surface area contributed by atoms with Crippen LogP contribution >= 0.6 is 22.6 Å². The summed E-state index contributed by atoms with van der Waals surface area (Å²) in [6.45, 7) is -0.0524. The summed E-state index contributed by atoms with van der Waals surface area (Å²) in [7, 11) is 1.62. The Kier molecular flexibility index (Phi) is 3.95. The highest BCUT2D eigenvalue weighted by molar-refractivity contribution is 14.1. The lowest BCUT2D eigenvalue weighted by atomic mass is 10.1. The summed E-state index contributed by atoms with van der Waals surface area (Å²) in [6.07, 6.45) is 0. The van der Waals surface area contributed by atoms with Gasteiger partial charge < -0.3 is 15.6 Å². The number of nitrogens with two attached hydrogens (primary N) is 1. The fraction of sp³-hybridized carbons (Fsp3) is 0.333. The van der Waals surface area contributed by atoms with Crippen LogP contribution in [0.25, 0.3) is 0 Å². The Balaban J connectivity index is 3.08. The molecule has 13 heavy (non-hydrogen) atoms. The van der Waals surface area contributed by atoms with Gasteiger partial charge in [-0.05, 0) is 34.2 Å². The first-order chi connectivity index (χ1) is 6.20. The Labute approximate surface area is 91.0 Å². The Morgan fingerprint density at radius 3 is 2.85 bits per heavy atom. The predicted octanol–water partition coefficient (Wildman–Crippen LogP) is 1.29. The maximum Gasteiger partial charge on any atom is 0.132 e. The van der Waals surface area contributed by atoms with E-state index in [-0.39, 0.29) is 12.6 Å². The molecule has 0 unspecified atom stereocenters. The minimum absolute atomic E-state index is 0.0524. The normalized spacial score (nSPS) is 12.6. The minimum Gasteiger partial charge on any atom is -0.496 e. The second-order valence-electron chi connectivity index (χ2n) is 2.65. The van der Waals surface area contributed by atoms with E-state index in [1.165, 1.54) is 0 Å². The van der Waals surface area contributed by atoms with E-state index in [1.54, 1.807) is 7.11 Å². The van der Waals surface area contributed by atoms with Crippen LogP contribution in [0.1, 0.15) is 11.6 Å². The van der Waals surface area contributed by atoms with Crippen LogP contribution in [0.3, 0.4) is 0 Å². The van der Waals surface area contributed by atoms with Crippen molar-refractivity contribution in [1.29, 1.82) is 0 Å². The van der Waals surface area contributed by atoms with Gasteiger partial charge in [-0.1, -0.05) is 12.1 Å². The molecular weight excluding hydrogens is 281 g/mol. The third kappa shape index (κ3) is 2.32. The van der Waals surface area contributed by atoms with Gasteiger partial charge in [0, 0.05) is 0 Å². The van der Waals surface area contributed by atoms with Crippen molar-refractivity contribution in [2.24, 2.45) is 5.73 Å². The molecule has 3 nitrogen and oxygen atoms in total. The molecule has 72 valence electrons. The Morgan fingerprint density at radius 1 is 1.62 bits per heavy atom. The molecule has 0 fully saturated rings. The van der Waals surface area contributed by atoms with E-state index in [4.69, 9.17) is 15.6 Å². The molecule has 0 aliphatic rings. The van der Waals surface area contributed by atoms with E-state index in [0.717, 1.165) is 14.9 Å². The number of hydrogen-bond acceptors (Lipinski definition) is 3. The first-order valence-electron chi connectivity index (χ1n) is 3.89. The summed E-state index contributed by atoms with van der Waals surface area (Å²) in [5, 5.41) is 8.91. The molecule has 0 saturated carbocycles. The predicted molar refractivity (Wildman–Crippen MR) is 59.7 cm³/mol. The molecule has 1 aromatic carbocycles. The van der Waals surface area contributed by atoms with E-state index in [0.29, 0.717) is 0 Å². The van der Waals surface area contributed by atoms with E-state index in [9.17, 15) is 0 Å². The summed E-state index contributed by atoms with van der Waals surface area (Å²) in [6, 6.07) is 5.30. The van der Waals surface area contributed by atoms with Gasteiger partial charge in [0.1, 0.15) is 5.75 Å². The van der Waals surface area contributed by atoms with Gasteiger partial charge in [-0.25, -0.2) is 0 Å². The summed E-state index contributed by atoms with van der Waals surface area (Å²) in [4.78, 5) is 0. The molecule has 0 aliphatic carbocycles. The van der Waals surface area contributed by atoms with Gasteiger partial charge >= 0.3 is 0 Å². The van der Waals surface area contributed by atoms with Crippen molar-refractivity contribution in [3.63, 3.8) is 0 Å². The molecule has 1 aromatic rings. The molecule has 0 spiro atoms. The number of aliphatic hydroxyl groups is 1. The van der Waals surface area contributed by atoms with Crippen molar-refractivity contribution in [2.75, 3.05) is 13.7 Å². The SMILES string of the molecule is COc1cccc([C@@H](N)CO)c1I. The van der Waals surface area contributed by atoms with Crippen LogP contribution in [-0.2, 0) is 0 Å². The third-order valence-corrected chi connectivity index (χ3v) is 2.96. The Bertz CT molecular complexity index is 291. The van der Waals surface area contributed by atoms with Crippen molar-refractivity contribution < 1.29 is 9.84 Å². The maximum atomic E-state index is 8.91. The monoisotopic (exact) mass is 293 g/mol. The molecule has 0 radical (unpaired) electrons. The van der Waals surface area contributed by atoms with Crippen LogP contribution in [0, 0.1) is 3.57 Å². The molecule has 0 heterocycles. The molecule has 4 heteroatoms. The molecule has 0 saturated heterocycles. The second kappa shape index (κ2) is 4.78. The zero-order valence-corrected chi connectivity index (χ0v) is 9.48. The van der Waals surface area contributed by atoms with Crippen LogP contribution in [0.5, 0.6) is 5.75 Å². The van der Waals surface area contributed by atoms with Crippen molar-refractivity contribution in [3.8, 4) is 5.75 Å². The highest BCUT2D eigenvalue weighted by atomic mass is 127. The molecule has 1 atom stereocenters. The van der Waals surface area contributed by atoms with E-state index in [2.05, 4.69) is 22.6 Å². The fourth-order valence-corrected chi connectivity index (χ4v) is 2.05. The largest absolute Gasteiger partial charge is 0.496 e. The van der Waals surface area contributed by atoms with Gasteiger partial charge in [0.25, 0.3) is 0 Å². The molecular formula is C9H12INO2. The van der Waals surface area contributed by atoms with Gasteiger partial charge in [-0.3, -0.25) is 0 Å². The van der Waals surface area contributed by atoms with E-state index >= 15 is 0 Å². The van der Waals surface area contributed by atoms with Crippen LogP contribution in [0.2, 0.25) is 0 Å². The van der Waals surface area contributed by atoms with Gasteiger partial charge in [0.2, 0.25) is 0 Å².